The van der Waals surface area contributed by atoms with Crippen molar-refractivity contribution in [3.63, 3.8) is 0 Å². The first kappa shape index (κ1) is 13.1. The molecular formula is C12H17NO2S. The van der Waals surface area contributed by atoms with Crippen LogP contribution in [-0.2, 0) is 4.79 Å². The SMILES string of the molecule is CC(C)(C)Sc1ccc([C@H](N)C(=O)O)cc1. The molecule has 1 aromatic carbocycles. The second-order valence-corrected chi connectivity index (χ2v) is 6.50. The van der Waals surface area contributed by atoms with Crippen LogP contribution in [0.2, 0.25) is 0 Å². The molecule has 0 aliphatic heterocycles. The number of rotatable bonds is 3. The zero-order valence-electron chi connectivity index (χ0n) is 9.73. The van der Waals surface area contributed by atoms with Crippen molar-refractivity contribution in [3.05, 3.63) is 29.8 Å². The highest BCUT2D eigenvalue weighted by atomic mass is 32.2. The summed E-state index contributed by atoms with van der Waals surface area (Å²) in [7, 11) is 0. The smallest absolute Gasteiger partial charge is 0.325 e. The van der Waals surface area contributed by atoms with Gasteiger partial charge >= 0.3 is 5.97 Å². The molecule has 1 rings (SSSR count). The van der Waals surface area contributed by atoms with Crippen molar-refractivity contribution in [3.8, 4) is 0 Å². The molecule has 0 heterocycles. The van der Waals surface area contributed by atoms with Crippen LogP contribution in [0.15, 0.2) is 29.2 Å². The monoisotopic (exact) mass is 239 g/mol. The van der Waals surface area contributed by atoms with Crippen LogP contribution in [0.25, 0.3) is 0 Å². The van der Waals surface area contributed by atoms with Crippen molar-refractivity contribution in [1.82, 2.24) is 0 Å². The average Bonchev–Trinajstić information content (AvgIpc) is 2.15. The summed E-state index contributed by atoms with van der Waals surface area (Å²) in [4.78, 5) is 11.8. The Kier molecular flexibility index (Phi) is 3.99. The van der Waals surface area contributed by atoms with Gasteiger partial charge in [-0.15, -0.1) is 11.8 Å². The van der Waals surface area contributed by atoms with Crippen LogP contribution in [0.5, 0.6) is 0 Å². The number of hydrogen-bond donors (Lipinski definition) is 2. The second kappa shape index (κ2) is 4.89. The molecule has 88 valence electrons. The summed E-state index contributed by atoms with van der Waals surface area (Å²) in [6, 6.07) is 6.43. The van der Waals surface area contributed by atoms with Crippen molar-refractivity contribution in [2.75, 3.05) is 0 Å². The molecule has 1 aromatic rings. The standard InChI is InChI=1S/C12H17NO2S/c1-12(2,3)16-9-6-4-8(5-7-9)10(13)11(14)15/h4-7,10H,13H2,1-3H3,(H,14,15)/t10-/m0/s1. The van der Waals surface area contributed by atoms with Gasteiger partial charge in [0.2, 0.25) is 0 Å². The summed E-state index contributed by atoms with van der Waals surface area (Å²) < 4.78 is 0.149. The molecule has 0 radical (unpaired) electrons. The summed E-state index contributed by atoms with van der Waals surface area (Å²) in [5.41, 5.74) is 6.14. The summed E-state index contributed by atoms with van der Waals surface area (Å²) in [5, 5.41) is 8.76. The summed E-state index contributed by atoms with van der Waals surface area (Å²) in [5.74, 6) is -1.00. The lowest BCUT2D eigenvalue weighted by molar-refractivity contribution is -0.138. The highest BCUT2D eigenvalue weighted by Crippen LogP contribution is 2.32. The number of nitrogens with two attached hydrogens (primary N) is 1. The Morgan fingerprint density at radius 3 is 2.19 bits per heavy atom. The van der Waals surface area contributed by atoms with Gasteiger partial charge in [-0.2, -0.15) is 0 Å². The maximum atomic E-state index is 10.7. The summed E-state index contributed by atoms with van der Waals surface area (Å²) in [6.07, 6.45) is 0. The molecule has 0 bridgehead atoms. The predicted molar refractivity (Wildman–Crippen MR) is 66.6 cm³/mol. The summed E-state index contributed by atoms with van der Waals surface area (Å²) >= 11 is 1.74. The molecule has 0 fully saturated rings. The van der Waals surface area contributed by atoms with E-state index < -0.39 is 12.0 Å². The van der Waals surface area contributed by atoms with Crippen LogP contribution in [0.4, 0.5) is 0 Å². The molecule has 4 heteroatoms. The number of carbonyl (C=O) groups is 1. The first-order valence-electron chi connectivity index (χ1n) is 5.07. The van der Waals surface area contributed by atoms with Crippen molar-refractivity contribution in [2.45, 2.75) is 36.5 Å². The lowest BCUT2D eigenvalue weighted by Crippen LogP contribution is -2.20. The van der Waals surface area contributed by atoms with Gasteiger partial charge < -0.3 is 10.8 Å². The third kappa shape index (κ3) is 3.87. The zero-order valence-corrected chi connectivity index (χ0v) is 10.5. The second-order valence-electron chi connectivity index (χ2n) is 4.60. The van der Waals surface area contributed by atoms with Crippen LogP contribution in [0.3, 0.4) is 0 Å². The maximum Gasteiger partial charge on any atom is 0.325 e. The van der Waals surface area contributed by atoms with Crippen LogP contribution >= 0.6 is 11.8 Å². The Balaban J connectivity index is 2.79. The molecule has 0 spiro atoms. The van der Waals surface area contributed by atoms with Gasteiger partial charge in [0.1, 0.15) is 6.04 Å². The van der Waals surface area contributed by atoms with E-state index in [9.17, 15) is 4.79 Å². The van der Waals surface area contributed by atoms with E-state index in [1.807, 2.05) is 12.1 Å². The van der Waals surface area contributed by atoms with E-state index in [4.69, 9.17) is 10.8 Å². The normalized spacial score (nSPS) is 13.5. The molecular weight excluding hydrogens is 222 g/mol. The Morgan fingerprint density at radius 2 is 1.81 bits per heavy atom. The molecule has 0 aliphatic carbocycles. The molecule has 0 saturated carbocycles. The molecule has 0 amide bonds. The number of benzene rings is 1. The fraction of sp³-hybridized carbons (Fsp3) is 0.417. The molecule has 0 saturated heterocycles. The van der Waals surface area contributed by atoms with E-state index in [2.05, 4.69) is 20.8 Å². The first-order valence-corrected chi connectivity index (χ1v) is 5.88. The highest BCUT2D eigenvalue weighted by molar-refractivity contribution is 8.00. The summed E-state index contributed by atoms with van der Waals surface area (Å²) in [6.45, 7) is 6.40. The minimum absolute atomic E-state index is 0.149. The Morgan fingerprint density at radius 1 is 1.31 bits per heavy atom. The van der Waals surface area contributed by atoms with Crippen LogP contribution in [0, 0.1) is 0 Å². The number of hydrogen-bond acceptors (Lipinski definition) is 3. The average molecular weight is 239 g/mol. The molecule has 0 aliphatic rings. The quantitative estimate of drug-likeness (QED) is 0.796. The van der Waals surface area contributed by atoms with E-state index in [0.717, 1.165) is 4.90 Å². The van der Waals surface area contributed by atoms with E-state index in [1.165, 1.54) is 0 Å². The third-order valence-electron chi connectivity index (χ3n) is 1.93. The fourth-order valence-electron chi connectivity index (χ4n) is 1.24. The van der Waals surface area contributed by atoms with Gasteiger partial charge in [-0.1, -0.05) is 32.9 Å². The van der Waals surface area contributed by atoms with Crippen molar-refractivity contribution in [2.24, 2.45) is 5.73 Å². The van der Waals surface area contributed by atoms with E-state index >= 15 is 0 Å². The molecule has 0 aromatic heterocycles. The van der Waals surface area contributed by atoms with Gasteiger partial charge in [0, 0.05) is 9.64 Å². The Labute approximate surface area is 100 Å². The highest BCUT2D eigenvalue weighted by Gasteiger charge is 2.15. The van der Waals surface area contributed by atoms with E-state index in [-0.39, 0.29) is 4.75 Å². The molecule has 3 nitrogen and oxygen atoms in total. The third-order valence-corrected chi connectivity index (χ3v) is 3.05. The van der Waals surface area contributed by atoms with Gasteiger partial charge in [-0.3, -0.25) is 4.79 Å². The lowest BCUT2D eigenvalue weighted by Gasteiger charge is -2.17. The molecule has 0 unspecified atom stereocenters. The van der Waals surface area contributed by atoms with Crippen molar-refractivity contribution < 1.29 is 9.90 Å². The molecule has 1 atom stereocenters. The van der Waals surface area contributed by atoms with Gasteiger partial charge in [-0.05, 0) is 17.7 Å². The van der Waals surface area contributed by atoms with E-state index in [1.54, 1.807) is 23.9 Å². The fourth-order valence-corrected chi connectivity index (χ4v) is 2.22. The van der Waals surface area contributed by atoms with Crippen LogP contribution in [0.1, 0.15) is 32.4 Å². The topological polar surface area (TPSA) is 63.3 Å². The Bertz CT molecular complexity index is 368. The van der Waals surface area contributed by atoms with Gasteiger partial charge in [0.15, 0.2) is 0 Å². The maximum absolute atomic E-state index is 10.7. The lowest BCUT2D eigenvalue weighted by atomic mass is 10.1. The minimum Gasteiger partial charge on any atom is -0.480 e. The largest absolute Gasteiger partial charge is 0.480 e. The van der Waals surface area contributed by atoms with Gasteiger partial charge in [0.05, 0.1) is 0 Å². The van der Waals surface area contributed by atoms with E-state index in [0.29, 0.717) is 5.56 Å². The Hall–Kier alpha value is -1.00. The molecule has 16 heavy (non-hydrogen) atoms. The van der Waals surface area contributed by atoms with Crippen molar-refractivity contribution in [1.29, 1.82) is 0 Å². The number of carboxylic acid groups (broad SMARTS) is 1. The number of aliphatic carboxylic acids is 1. The van der Waals surface area contributed by atoms with Gasteiger partial charge in [-0.25, -0.2) is 0 Å². The van der Waals surface area contributed by atoms with Gasteiger partial charge in [0.25, 0.3) is 0 Å². The van der Waals surface area contributed by atoms with Crippen LogP contribution in [-0.4, -0.2) is 15.8 Å². The number of thioether (sulfide) groups is 1. The minimum atomic E-state index is -1.00. The zero-order chi connectivity index (χ0) is 12.3. The predicted octanol–water partition coefficient (Wildman–Crippen LogP) is 2.66. The first-order chi connectivity index (χ1) is 7.29. The molecule has 3 N–H and O–H groups in total. The van der Waals surface area contributed by atoms with Crippen molar-refractivity contribution >= 4 is 17.7 Å². The number of carboxylic acids is 1. The van der Waals surface area contributed by atoms with Crippen LogP contribution < -0.4 is 5.73 Å².